The molecule has 708 valence electrons. The molecule has 3 aliphatic heterocycles. The summed E-state index contributed by atoms with van der Waals surface area (Å²) in [5.74, 6) is -5.35. The van der Waals surface area contributed by atoms with Crippen molar-refractivity contribution >= 4 is 106 Å². The van der Waals surface area contributed by atoms with Crippen LogP contribution in [0.1, 0.15) is 152 Å². The number of carbonyl (C=O) groups is 12. The second-order valence-corrected chi connectivity index (χ2v) is 35.5. The SMILES string of the molecule is C=C(NC(Cc1cn(CC=O)c2ccccc12)C(=C)N(C)CC(=O)N(C)[C@@H](CCCC)C(=C)NC(CC(=O)O)C(=O)N[C@H](C=O)CSCC(=O)NC(Cc1ccccc1)C(=O)N1CCCCC1C(=O)N[C@@H](CC=O)C(=C)N1CCCC1C(=C)N[C@H](C)Cc1cnc[nH]1)C(CCCCN)NC(=C)[C@H](Cc1c[nH]c2ccccc12)NC(=O)C1CCCN1C(=O)C(CCCCN)NC=O. The highest BCUT2D eigenvalue weighted by molar-refractivity contribution is 8.00. The molecule has 0 spiro atoms. The Morgan fingerprint density at radius 2 is 1.23 bits per heavy atom. The molecule has 131 heavy (non-hydrogen) atoms. The van der Waals surface area contributed by atoms with Crippen LogP contribution in [0.25, 0.3) is 21.8 Å². The minimum absolute atomic E-state index is 0.0211. The Bertz CT molecular complexity index is 4920. The lowest BCUT2D eigenvalue weighted by Gasteiger charge is -2.39. The number of thioether (sulfide) groups is 1. The number of likely N-dealkylation sites (N-methyl/N-ethyl adjacent to an activating group) is 2. The Morgan fingerprint density at radius 1 is 0.611 bits per heavy atom. The number of amides is 8. The van der Waals surface area contributed by atoms with E-state index < -0.39 is 108 Å². The van der Waals surface area contributed by atoms with Gasteiger partial charge in [-0.05, 0) is 139 Å². The third-order valence-corrected chi connectivity index (χ3v) is 25.9. The van der Waals surface area contributed by atoms with Crippen molar-refractivity contribution in [1.82, 2.24) is 91.9 Å². The predicted molar refractivity (Wildman–Crippen MR) is 510 cm³/mol. The molecule has 33 nitrogen and oxygen atoms in total. The third kappa shape index (κ3) is 29.3. The molecule has 13 atom stereocenters. The van der Waals surface area contributed by atoms with Crippen LogP contribution in [0.2, 0.25) is 0 Å². The zero-order valence-corrected chi connectivity index (χ0v) is 77.1. The summed E-state index contributed by atoms with van der Waals surface area (Å²) in [7, 11) is 3.32. The molecular formula is C97H136N20O13S. The average molecular weight is 1820 g/mol. The van der Waals surface area contributed by atoms with E-state index in [9.17, 15) is 57.8 Å². The Hall–Kier alpha value is -12.3. The highest BCUT2D eigenvalue weighted by Crippen LogP contribution is 2.32. The van der Waals surface area contributed by atoms with Gasteiger partial charge in [0, 0.05) is 158 Å². The second kappa shape index (κ2) is 51.9. The van der Waals surface area contributed by atoms with Gasteiger partial charge in [-0.3, -0.25) is 43.2 Å². The number of imidazole rings is 1. The summed E-state index contributed by atoms with van der Waals surface area (Å²) in [5.41, 5.74) is 20.0. The highest BCUT2D eigenvalue weighted by atomic mass is 32.2. The summed E-state index contributed by atoms with van der Waals surface area (Å²) in [6.07, 6.45) is 19.3. The van der Waals surface area contributed by atoms with Gasteiger partial charge in [-0.25, -0.2) is 4.98 Å². The monoisotopic (exact) mass is 1820 g/mol. The number of carboxylic acid groups (broad SMARTS) is 1. The van der Waals surface area contributed by atoms with Gasteiger partial charge in [0.15, 0.2) is 0 Å². The fraction of sp³-hybridized carbons (Fsp3) is 0.495. The quantitative estimate of drug-likeness (QED) is 0.0146. The molecule has 8 unspecified atom stereocenters. The van der Waals surface area contributed by atoms with Crippen LogP contribution in [0.5, 0.6) is 0 Å². The topological polar surface area (TPSA) is 451 Å². The number of piperidine rings is 1. The number of benzene rings is 3. The van der Waals surface area contributed by atoms with Crippen LogP contribution in [-0.4, -0.2) is 265 Å². The number of aromatic nitrogens is 4. The van der Waals surface area contributed by atoms with E-state index in [-0.39, 0.29) is 86.4 Å². The van der Waals surface area contributed by atoms with Crippen molar-refractivity contribution in [3.63, 3.8) is 0 Å². The first kappa shape index (κ1) is 102. The van der Waals surface area contributed by atoms with E-state index in [1.54, 1.807) is 36.4 Å². The van der Waals surface area contributed by atoms with Crippen molar-refractivity contribution in [2.45, 2.75) is 240 Å². The number of H-pyrrole nitrogens is 2. The Morgan fingerprint density at radius 3 is 1.89 bits per heavy atom. The summed E-state index contributed by atoms with van der Waals surface area (Å²) in [6.45, 7) is 32.8. The number of carbonyl (C=O) groups excluding carboxylic acids is 11. The molecule has 16 N–H and O–H groups in total. The van der Waals surface area contributed by atoms with E-state index in [1.165, 1.54) is 9.80 Å². The number of unbranched alkanes of at least 4 members (excludes halogenated alkanes) is 3. The minimum atomic E-state index is -1.51. The number of carboxylic acids is 1. The number of aliphatic carboxylic acids is 1. The van der Waals surface area contributed by atoms with Crippen molar-refractivity contribution in [3.05, 3.63) is 200 Å². The fourth-order valence-corrected chi connectivity index (χ4v) is 18.6. The molecule has 3 aromatic heterocycles. The van der Waals surface area contributed by atoms with E-state index in [0.29, 0.717) is 158 Å². The van der Waals surface area contributed by atoms with Crippen molar-refractivity contribution in [2.75, 3.05) is 64.9 Å². The first-order chi connectivity index (χ1) is 63.1. The smallest absolute Gasteiger partial charge is 0.305 e. The lowest BCUT2D eigenvalue weighted by atomic mass is 9.97. The van der Waals surface area contributed by atoms with Gasteiger partial charge in [0.2, 0.25) is 47.8 Å². The minimum Gasteiger partial charge on any atom is -0.481 e. The van der Waals surface area contributed by atoms with Crippen molar-refractivity contribution in [1.29, 1.82) is 0 Å². The van der Waals surface area contributed by atoms with Crippen LogP contribution in [0, 0.1) is 0 Å². The van der Waals surface area contributed by atoms with Crippen LogP contribution < -0.4 is 59.3 Å². The number of nitrogens with zero attached hydrogens (tertiary/aromatic N) is 7. The molecule has 8 amide bonds. The van der Waals surface area contributed by atoms with Gasteiger partial charge >= 0.3 is 5.97 Å². The molecule has 0 radical (unpaired) electrons. The Kier molecular flexibility index (Phi) is 40.6. The maximum Gasteiger partial charge on any atom is 0.305 e. The molecule has 6 aromatic rings. The standard InChI is InChI=1S/C97H136N20O13S/c1-11-12-35-85(66(5)107-83(53-92(124)125)93(126)108-74(58-120)59-131-60-90(122)109-84(50-70-28-14-13-15-29-70)97(130)116-43-25-22-37-88(116)94(127)110-78(40-47-118)69(8)115-44-26-38-86(115)67(6)104-63(2)49-73-55-100-61-102-73)113(10)91(123)57-112(9)68(7)82(52-72-56-114(46-48-119)87-36-19-17-31-76(72)87)106-64(3)77(32-20-23-41-98)105-65(4)81(51-71-54-101-79-33-18-16-30-75(71)79)111-95(128)89-39-27-45-117(89)96(129)80(103-62-121)34-21-24-42-99/h13-19,28-31,33,36,47-48,54-56,58,61-63,74,77-78,80-86,88-89,101,104-107H,3-8,11-12,20-27,32,34-35,37-46,49-53,57,59-60,98-99H2,1-2,9-10H3,(H,100,102)(H,103,121)(H,108,126)(H,109,122)(H,110,127)(H,111,128)(H,124,125)/t63-,74-,77?,78+,80?,81+,82?,83?,84?,85+,86?,88?,89?/m1/s1. The van der Waals surface area contributed by atoms with Gasteiger partial charge in [0.1, 0.15) is 49.1 Å². The van der Waals surface area contributed by atoms with Crippen LogP contribution in [0.3, 0.4) is 0 Å². The number of nitrogens with two attached hydrogens (primary N) is 2. The molecule has 0 bridgehead atoms. The van der Waals surface area contributed by atoms with Crippen molar-refractivity contribution in [3.8, 4) is 0 Å². The van der Waals surface area contributed by atoms with E-state index in [4.69, 9.17) is 11.5 Å². The second-order valence-electron chi connectivity index (χ2n) is 34.5. The molecule has 3 saturated heterocycles. The maximum absolute atomic E-state index is 15.1. The molecule has 9 rings (SSSR count). The number of likely N-dealkylation sites (tertiary alicyclic amines) is 3. The summed E-state index contributed by atoms with van der Waals surface area (Å²) in [5, 5.41) is 40.6. The van der Waals surface area contributed by atoms with E-state index in [1.807, 2.05) is 110 Å². The molecule has 0 aliphatic carbocycles. The van der Waals surface area contributed by atoms with E-state index >= 15 is 4.79 Å². The van der Waals surface area contributed by atoms with Gasteiger partial charge in [0.25, 0.3) is 0 Å². The first-order valence-corrected chi connectivity index (χ1v) is 46.9. The molecule has 0 saturated carbocycles. The lowest BCUT2D eigenvalue weighted by Crippen LogP contribution is -2.59. The molecule has 6 heterocycles. The summed E-state index contributed by atoms with van der Waals surface area (Å²) >= 11 is 0.987. The normalized spacial score (nSPS) is 17.1. The van der Waals surface area contributed by atoms with Gasteiger partial charge < -0.3 is 118 Å². The average Bonchev–Trinajstić information content (AvgIpc) is 1.48. The lowest BCUT2D eigenvalue weighted by molar-refractivity contribution is -0.145. The Labute approximate surface area is 772 Å². The van der Waals surface area contributed by atoms with E-state index in [2.05, 4.69) is 107 Å². The molecule has 3 fully saturated rings. The number of hydrogen-bond donors (Lipinski definition) is 14. The number of nitrogens with one attached hydrogen (secondary N) is 11. The summed E-state index contributed by atoms with van der Waals surface area (Å²) in [4.78, 5) is 183. The van der Waals surface area contributed by atoms with E-state index in [0.717, 1.165) is 87.1 Å². The Balaban J connectivity index is 0.858. The largest absolute Gasteiger partial charge is 0.481 e. The molecule has 34 heteroatoms. The predicted octanol–water partition coefficient (Wildman–Crippen LogP) is 6.34. The summed E-state index contributed by atoms with van der Waals surface area (Å²) in [6, 6.07) is 14.3. The zero-order valence-electron chi connectivity index (χ0n) is 76.3. The number of hydrogen-bond acceptors (Lipinski definition) is 22. The number of aromatic amines is 2. The van der Waals surface area contributed by atoms with Gasteiger partial charge in [-0.1, -0.05) is 126 Å². The maximum atomic E-state index is 15.1. The zero-order chi connectivity index (χ0) is 94.6. The molecule has 3 aliphatic rings. The van der Waals surface area contributed by atoms with Crippen LogP contribution >= 0.6 is 11.8 Å². The number of para-hydroxylation sites is 2. The van der Waals surface area contributed by atoms with Crippen molar-refractivity contribution < 1.29 is 62.6 Å². The summed E-state index contributed by atoms with van der Waals surface area (Å²) < 4.78 is 1.86. The van der Waals surface area contributed by atoms with Crippen LogP contribution in [0.15, 0.2) is 177 Å². The number of rotatable bonds is 60. The molecule has 3 aromatic carbocycles. The number of aldehydes is 3. The van der Waals surface area contributed by atoms with Crippen LogP contribution in [-0.2, 0) is 89.8 Å². The van der Waals surface area contributed by atoms with Crippen molar-refractivity contribution in [2.24, 2.45) is 11.5 Å². The third-order valence-electron chi connectivity index (χ3n) is 24.9. The fourth-order valence-electron chi connectivity index (χ4n) is 17.8. The first-order valence-electron chi connectivity index (χ1n) is 45.7. The highest BCUT2D eigenvalue weighted by Gasteiger charge is 2.42. The van der Waals surface area contributed by atoms with Gasteiger partial charge in [0.05, 0.1) is 73.9 Å². The number of fused-ring (bicyclic) bond motifs is 2. The van der Waals surface area contributed by atoms with Gasteiger partial charge in [-0.15, -0.1) is 11.8 Å². The van der Waals surface area contributed by atoms with Gasteiger partial charge in [-0.2, -0.15) is 0 Å². The van der Waals surface area contributed by atoms with Crippen LogP contribution in [0.4, 0.5) is 0 Å². The molecular weight excluding hydrogens is 1690 g/mol.